The molecule has 0 aliphatic carbocycles. The zero-order chi connectivity index (χ0) is 40.2. The standard InChI is InChI=1S/C20H18N6OS.C19H17F3N6O/c21-18(27)14-7-5-13(6-8-14)15-9-10-22-19(25-15)23-11-12-24-20-26-16-3-1-2-4-17(16)28-20;20-19(21,22)14-5-6-16(27-11-14)24-9-10-26-18-25-8-7-15(28-18)12-1-3-13(4-2-12)17(23)29/h1-10H,11-12H2,(H2,21,27)(H,24,26)(H,22,23,25);1-8,11H,9-10H2,(H2,23,29)(H,24,27)(H,25,26,28). The molecule has 0 aliphatic heterocycles. The number of para-hydroxylation sites is 1. The van der Waals surface area contributed by atoms with Gasteiger partial charge in [-0.05, 0) is 60.7 Å². The first-order chi connectivity index (χ1) is 27.5. The van der Waals surface area contributed by atoms with Crippen LogP contribution in [0.2, 0.25) is 0 Å². The molecule has 0 spiro atoms. The summed E-state index contributed by atoms with van der Waals surface area (Å²) in [7, 11) is 0. The zero-order valence-corrected chi connectivity index (χ0v) is 30.8. The number of primary amides is 2. The smallest absolute Gasteiger partial charge is 0.368 e. The van der Waals surface area contributed by atoms with E-state index in [-0.39, 0.29) is 0 Å². The number of aromatic nitrogens is 6. The fourth-order valence-corrected chi connectivity index (χ4v) is 6.03. The van der Waals surface area contributed by atoms with Crippen LogP contribution in [0.5, 0.6) is 0 Å². The highest BCUT2D eigenvalue weighted by Crippen LogP contribution is 2.29. The van der Waals surface area contributed by atoms with Crippen molar-refractivity contribution in [1.82, 2.24) is 29.9 Å². The van der Waals surface area contributed by atoms with E-state index < -0.39 is 23.6 Å². The predicted molar refractivity (Wildman–Crippen MR) is 215 cm³/mol. The number of hydrogen-bond acceptors (Lipinski definition) is 13. The van der Waals surface area contributed by atoms with E-state index in [1.807, 2.05) is 36.4 Å². The average Bonchev–Trinajstić information content (AvgIpc) is 3.65. The second-order valence-electron chi connectivity index (χ2n) is 12.0. The third-order valence-corrected chi connectivity index (χ3v) is 9.02. The number of fused-ring (bicyclic) bond motifs is 1. The topological polar surface area (TPSA) is 212 Å². The summed E-state index contributed by atoms with van der Waals surface area (Å²) in [4.78, 5) is 47.9. The molecule has 2 amide bonds. The average molecular weight is 793 g/mol. The molecule has 0 bridgehead atoms. The summed E-state index contributed by atoms with van der Waals surface area (Å²) >= 11 is 1.63. The summed E-state index contributed by atoms with van der Waals surface area (Å²) in [5.74, 6) is 0.323. The van der Waals surface area contributed by atoms with Crippen LogP contribution in [0, 0.1) is 0 Å². The third kappa shape index (κ3) is 11.2. The van der Waals surface area contributed by atoms with Gasteiger partial charge in [-0.15, -0.1) is 0 Å². The Balaban J connectivity index is 0.000000193. The van der Waals surface area contributed by atoms with Crippen LogP contribution in [0.4, 0.5) is 36.0 Å². The van der Waals surface area contributed by atoms with E-state index in [1.165, 1.54) is 6.07 Å². The SMILES string of the molecule is NC(=O)c1ccc(-c2ccnc(NCCNc3ccc(C(F)(F)F)cn3)n2)cc1.NC(=O)c1ccc(-c2ccnc(NCCNc3nc4ccccc4s3)n2)cc1. The molecule has 0 atom stereocenters. The van der Waals surface area contributed by atoms with E-state index in [2.05, 4.69) is 57.2 Å². The number of nitrogens with one attached hydrogen (secondary N) is 4. The number of thiazole rings is 1. The number of carbonyl (C=O) groups is 2. The van der Waals surface area contributed by atoms with Crippen LogP contribution in [-0.2, 0) is 6.18 Å². The van der Waals surface area contributed by atoms with Crippen LogP contribution in [0.25, 0.3) is 32.7 Å². The maximum atomic E-state index is 12.5. The summed E-state index contributed by atoms with van der Waals surface area (Å²) in [6, 6.07) is 27.6. The van der Waals surface area contributed by atoms with Gasteiger partial charge in [-0.25, -0.2) is 29.9 Å². The Bertz CT molecular complexity index is 2400. The Kier molecular flexibility index (Phi) is 12.8. The summed E-state index contributed by atoms with van der Waals surface area (Å²) in [6.45, 7) is 2.17. The Hall–Kier alpha value is -7.21. The fourth-order valence-electron chi connectivity index (χ4n) is 5.14. The van der Waals surface area contributed by atoms with Gasteiger partial charge in [-0.3, -0.25) is 9.59 Å². The molecular formula is C39H35F3N12O2S. The number of halogens is 3. The fraction of sp³-hybridized carbons (Fsp3) is 0.128. The number of alkyl halides is 3. The molecule has 0 saturated heterocycles. The molecule has 3 aromatic carbocycles. The molecule has 7 aromatic rings. The molecule has 7 rings (SSSR count). The molecule has 4 heterocycles. The van der Waals surface area contributed by atoms with Crippen molar-refractivity contribution in [1.29, 1.82) is 0 Å². The number of benzene rings is 3. The maximum absolute atomic E-state index is 12.5. The molecule has 14 nitrogen and oxygen atoms in total. The van der Waals surface area contributed by atoms with Crippen molar-refractivity contribution in [2.75, 3.05) is 47.4 Å². The Morgan fingerprint density at radius 3 is 1.61 bits per heavy atom. The minimum Gasteiger partial charge on any atom is -0.368 e. The van der Waals surface area contributed by atoms with Gasteiger partial charge in [0.15, 0.2) is 5.13 Å². The van der Waals surface area contributed by atoms with Gasteiger partial charge in [0.1, 0.15) is 5.82 Å². The molecule has 18 heteroatoms. The van der Waals surface area contributed by atoms with Crippen LogP contribution in [-0.4, -0.2) is 67.9 Å². The van der Waals surface area contributed by atoms with E-state index in [0.29, 0.717) is 60.7 Å². The normalized spacial score (nSPS) is 10.9. The van der Waals surface area contributed by atoms with Crippen molar-refractivity contribution in [3.63, 3.8) is 0 Å². The number of rotatable bonds is 14. The van der Waals surface area contributed by atoms with Crippen LogP contribution in [0.3, 0.4) is 0 Å². The van der Waals surface area contributed by atoms with Crippen LogP contribution >= 0.6 is 11.3 Å². The Morgan fingerprint density at radius 1 is 0.596 bits per heavy atom. The van der Waals surface area contributed by atoms with E-state index in [4.69, 9.17) is 11.5 Å². The lowest BCUT2D eigenvalue weighted by atomic mass is 10.1. The summed E-state index contributed by atoms with van der Waals surface area (Å²) in [5.41, 5.74) is 14.7. The van der Waals surface area contributed by atoms with Gasteiger partial charge in [-0.1, -0.05) is 47.7 Å². The van der Waals surface area contributed by atoms with Crippen LogP contribution in [0.15, 0.2) is 116 Å². The van der Waals surface area contributed by atoms with Gasteiger partial charge in [0.25, 0.3) is 0 Å². The van der Waals surface area contributed by atoms with Gasteiger partial charge in [0, 0.05) is 67.0 Å². The number of anilines is 4. The van der Waals surface area contributed by atoms with Crippen molar-refractivity contribution in [2.24, 2.45) is 11.5 Å². The van der Waals surface area contributed by atoms with E-state index in [1.54, 1.807) is 66.2 Å². The number of nitrogens with zero attached hydrogens (tertiary/aromatic N) is 6. The first kappa shape index (κ1) is 39.5. The minimum atomic E-state index is -4.41. The molecule has 57 heavy (non-hydrogen) atoms. The second kappa shape index (κ2) is 18.4. The molecule has 290 valence electrons. The lowest BCUT2D eigenvalue weighted by Crippen LogP contribution is -2.16. The molecule has 0 aliphatic rings. The largest absolute Gasteiger partial charge is 0.417 e. The lowest BCUT2D eigenvalue weighted by Gasteiger charge is -2.10. The Labute approximate surface area is 328 Å². The van der Waals surface area contributed by atoms with E-state index in [0.717, 1.165) is 44.4 Å². The minimum absolute atomic E-state index is 0.337. The van der Waals surface area contributed by atoms with Gasteiger partial charge < -0.3 is 32.7 Å². The van der Waals surface area contributed by atoms with Crippen molar-refractivity contribution < 1.29 is 22.8 Å². The lowest BCUT2D eigenvalue weighted by molar-refractivity contribution is -0.137. The summed E-state index contributed by atoms with van der Waals surface area (Å²) < 4.78 is 38.7. The molecule has 0 unspecified atom stereocenters. The van der Waals surface area contributed by atoms with Gasteiger partial charge in [-0.2, -0.15) is 13.2 Å². The highest BCUT2D eigenvalue weighted by molar-refractivity contribution is 7.22. The molecule has 8 N–H and O–H groups in total. The van der Waals surface area contributed by atoms with E-state index in [9.17, 15) is 22.8 Å². The van der Waals surface area contributed by atoms with Gasteiger partial charge in [0.05, 0.1) is 27.2 Å². The molecule has 4 aromatic heterocycles. The second-order valence-corrected chi connectivity index (χ2v) is 13.1. The summed E-state index contributed by atoms with van der Waals surface area (Å²) in [5, 5.41) is 13.4. The third-order valence-electron chi connectivity index (χ3n) is 8.02. The zero-order valence-electron chi connectivity index (χ0n) is 30.0. The predicted octanol–water partition coefficient (Wildman–Crippen LogP) is 6.56. The molecule has 0 saturated carbocycles. The number of amides is 2. The Morgan fingerprint density at radius 2 is 1.12 bits per heavy atom. The molecular weight excluding hydrogens is 758 g/mol. The van der Waals surface area contributed by atoms with Crippen LogP contribution < -0.4 is 32.7 Å². The highest BCUT2D eigenvalue weighted by atomic mass is 32.1. The van der Waals surface area contributed by atoms with Crippen LogP contribution in [0.1, 0.15) is 26.3 Å². The summed E-state index contributed by atoms with van der Waals surface area (Å²) in [6.07, 6.45) is -0.327. The van der Waals surface area contributed by atoms with Crippen molar-refractivity contribution in [3.8, 4) is 22.5 Å². The quantitative estimate of drug-likeness (QED) is 0.0647. The monoisotopic (exact) mass is 792 g/mol. The highest BCUT2D eigenvalue weighted by Gasteiger charge is 2.30. The maximum Gasteiger partial charge on any atom is 0.417 e. The van der Waals surface area contributed by atoms with Gasteiger partial charge >= 0.3 is 6.18 Å². The van der Waals surface area contributed by atoms with Crippen molar-refractivity contribution in [2.45, 2.75) is 6.18 Å². The number of pyridine rings is 1. The number of hydrogen-bond donors (Lipinski definition) is 6. The first-order valence-electron chi connectivity index (χ1n) is 17.3. The number of nitrogens with two attached hydrogens (primary N) is 2. The number of carbonyl (C=O) groups excluding carboxylic acids is 2. The van der Waals surface area contributed by atoms with Crippen molar-refractivity contribution in [3.05, 3.63) is 132 Å². The van der Waals surface area contributed by atoms with Crippen molar-refractivity contribution >= 4 is 56.2 Å². The van der Waals surface area contributed by atoms with Gasteiger partial charge in [0.2, 0.25) is 23.7 Å². The van der Waals surface area contributed by atoms with E-state index >= 15 is 0 Å². The first-order valence-corrected chi connectivity index (χ1v) is 18.1. The molecule has 0 radical (unpaired) electrons. The molecule has 0 fully saturated rings.